The standard InChI is InChI=1S/C23H21FN4O2/c1-4-30-19-11-9-18(10-12-19)26-23(29)20-13-25-22-21(14(2)27-28(22)15(20)3)16-5-7-17(24)8-6-16/h5-13H,4H2,1-3H3,(H,26,29). The summed E-state index contributed by atoms with van der Waals surface area (Å²) >= 11 is 0. The van der Waals surface area contributed by atoms with Gasteiger partial charge in [0, 0.05) is 17.4 Å². The summed E-state index contributed by atoms with van der Waals surface area (Å²) in [5.41, 5.74) is 4.76. The lowest BCUT2D eigenvalue weighted by Crippen LogP contribution is -2.16. The summed E-state index contributed by atoms with van der Waals surface area (Å²) in [6.45, 7) is 6.19. The molecular formula is C23H21FN4O2. The molecule has 0 saturated carbocycles. The van der Waals surface area contributed by atoms with Crippen LogP contribution in [0.1, 0.15) is 28.7 Å². The van der Waals surface area contributed by atoms with E-state index in [0.29, 0.717) is 29.2 Å². The summed E-state index contributed by atoms with van der Waals surface area (Å²) < 4.78 is 20.4. The Balaban J connectivity index is 1.66. The summed E-state index contributed by atoms with van der Waals surface area (Å²) in [4.78, 5) is 17.3. The summed E-state index contributed by atoms with van der Waals surface area (Å²) in [5, 5.41) is 7.43. The number of carbonyl (C=O) groups is 1. The Morgan fingerprint density at radius 2 is 1.80 bits per heavy atom. The second-order valence-corrected chi connectivity index (χ2v) is 6.87. The van der Waals surface area contributed by atoms with E-state index < -0.39 is 0 Å². The zero-order valence-corrected chi connectivity index (χ0v) is 16.9. The molecule has 2 aromatic carbocycles. The fourth-order valence-electron chi connectivity index (χ4n) is 3.38. The van der Waals surface area contributed by atoms with Crippen molar-refractivity contribution < 1.29 is 13.9 Å². The van der Waals surface area contributed by atoms with E-state index in [0.717, 1.165) is 22.6 Å². The topological polar surface area (TPSA) is 68.5 Å². The molecule has 6 nitrogen and oxygen atoms in total. The van der Waals surface area contributed by atoms with Crippen LogP contribution in [0.15, 0.2) is 54.7 Å². The third kappa shape index (κ3) is 3.61. The van der Waals surface area contributed by atoms with Gasteiger partial charge < -0.3 is 10.1 Å². The number of hydrogen-bond donors (Lipinski definition) is 1. The van der Waals surface area contributed by atoms with Crippen molar-refractivity contribution in [2.75, 3.05) is 11.9 Å². The van der Waals surface area contributed by atoms with Crippen LogP contribution >= 0.6 is 0 Å². The summed E-state index contributed by atoms with van der Waals surface area (Å²) in [6, 6.07) is 13.4. The zero-order valence-electron chi connectivity index (χ0n) is 16.9. The molecule has 2 heterocycles. The number of aromatic nitrogens is 3. The van der Waals surface area contributed by atoms with Crippen molar-refractivity contribution in [1.82, 2.24) is 14.6 Å². The average Bonchev–Trinajstić information content (AvgIpc) is 3.07. The van der Waals surface area contributed by atoms with E-state index in [1.165, 1.54) is 12.1 Å². The molecule has 0 spiro atoms. The van der Waals surface area contributed by atoms with Gasteiger partial charge in [0.1, 0.15) is 11.6 Å². The van der Waals surface area contributed by atoms with Crippen LogP contribution in [-0.4, -0.2) is 27.1 Å². The van der Waals surface area contributed by atoms with Gasteiger partial charge in [-0.3, -0.25) is 4.79 Å². The third-order valence-electron chi connectivity index (χ3n) is 4.86. The summed E-state index contributed by atoms with van der Waals surface area (Å²) in [5.74, 6) is 0.169. The molecule has 0 bridgehead atoms. The SMILES string of the molecule is CCOc1ccc(NC(=O)c2cnc3c(-c4ccc(F)cc4)c(C)nn3c2C)cc1. The molecule has 30 heavy (non-hydrogen) atoms. The van der Waals surface area contributed by atoms with E-state index >= 15 is 0 Å². The maximum Gasteiger partial charge on any atom is 0.259 e. The molecule has 2 aromatic heterocycles. The lowest BCUT2D eigenvalue weighted by Gasteiger charge is -2.10. The quantitative estimate of drug-likeness (QED) is 0.519. The van der Waals surface area contributed by atoms with Crippen molar-refractivity contribution in [2.24, 2.45) is 0 Å². The van der Waals surface area contributed by atoms with Crippen molar-refractivity contribution in [3.05, 3.63) is 77.5 Å². The van der Waals surface area contributed by atoms with E-state index in [4.69, 9.17) is 4.74 Å². The minimum absolute atomic E-state index is 0.275. The molecule has 0 aliphatic rings. The van der Waals surface area contributed by atoms with Crippen LogP contribution in [0.25, 0.3) is 16.8 Å². The Bertz CT molecular complexity index is 1210. The first-order chi connectivity index (χ1) is 14.5. The lowest BCUT2D eigenvalue weighted by molar-refractivity contribution is 0.102. The maximum absolute atomic E-state index is 13.3. The Labute approximate surface area is 173 Å². The average molecular weight is 404 g/mol. The van der Waals surface area contributed by atoms with Crippen LogP contribution in [0, 0.1) is 19.7 Å². The van der Waals surface area contributed by atoms with Gasteiger partial charge in [0.25, 0.3) is 5.91 Å². The normalized spacial score (nSPS) is 10.9. The van der Waals surface area contributed by atoms with Crippen LogP contribution < -0.4 is 10.1 Å². The molecule has 0 atom stereocenters. The number of anilines is 1. The highest BCUT2D eigenvalue weighted by Gasteiger charge is 2.19. The monoisotopic (exact) mass is 404 g/mol. The van der Waals surface area contributed by atoms with Crippen molar-refractivity contribution in [1.29, 1.82) is 0 Å². The van der Waals surface area contributed by atoms with Crippen LogP contribution in [0.5, 0.6) is 5.75 Å². The fraction of sp³-hybridized carbons (Fsp3) is 0.174. The smallest absolute Gasteiger partial charge is 0.259 e. The number of nitrogens with one attached hydrogen (secondary N) is 1. The Morgan fingerprint density at radius 3 is 2.47 bits per heavy atom. The van der Waals surface area contributed by atoms with Gasteiger partial charge in [0.2, 0.25) is 0 Å². The van der Waals surface area contributed by atoms with Gasteiger partial charge in [0.05, 0.1) is 23.6 Å². The molecular weight excluding hydrogens is 383 g/mol. The van der Waals surface area contributed by atoms with Gasteiger partial charge >= 0.3 is 0 Å². The van der Waals surface area contributed by atoms with E-state index in [9.17, 15) is 9.18 Å². The number of carbonyl (C=O) groups excluding carboxylic acids is 1. The number of ether oxygens (including phenoxy) is 1. The minimum Gasteiger partial charge on any atom is -0.494 e. The van der Waals surface area contributed by atoms with Gasteiger partial charge in [-0.1, -0.05) is 12.1 Å². The van der Waals surface area contributed by atoms with E-state index in [2.05, 4.69) is 15.4 Å². The van der Waals surface area contributed by atoms with Crippen LogP contribution in [0.4, 0.5) is 10.1 Å². The summed E-state index contributed by atoms with van der Waals surface area (Å²) in [7, 11) is 0. The molecule has 1 amide bonds. The number of halogens is 1. The zero-order chi connectivity index (χ0) is 21.3. The van der Waals surface area contributed by atoms with Gasteiger partial charge in [-0.15, -0.1) is 0 Å². The lowest BCUT2D eigenvalue weighted by atomic mass is 10.1. The predicted octanol–water partition coefficient (Wildman–Crippen LogP) is 4.80. The second kappa shape index (κ2) is 7.94. The molecule has 0 saturated heterocycles. The highest BCUT2D eigenvalue weighted by atomic mass is 19.1. The molecule has 4 aromatic rings. The maximum atomic E-state index is 13.3. The Morgan fingerprint density at radius 1 is 1.10 bits per heavy atom. The van der Waals surface area contributed by atoms with Crippen LogP contribution in [0.2, 0.25) is 0 Å². The minimum atomic E-state index is -0.301. The van der Waals surface area contributed by atoms with Gasteiger partial charge in [0.15, 0.2) is 5.65 Å². The first-order valence-electron chi connectivity index (χ1n) is 9.63. The number of hydrogen-bond acceptors (Lipinski definition) is 4. The first kappa shape index (κ1) is 19.6. The van der Waals surface area contributed by atoms with Crippen molar-refractivity contribution in [3.8, 4) is 16.9 Å². The van der Waals surface area contributed by atoms with Crippen molar-refractivity contribution >= 4 is 17.2 Å². The highest BCUT2D eigenvalue weighted by molar-refractivity contribution is 6.05. The Hall–Kier alpha value is -3.74. The van der Waals surface area contributed by atoms with E-state index in [1.807, 2.05) is 20.8 Å². The fourth-order valence-corrected chi connectivity index (χ4v) is 3.38. The molecule has 0 aliphatic heterocycles. The van der Waals surface area contributed by atoms with Crippen LogP contribution in [0.3, 0.4) is 0 Å². The van der Waals surface area contributed by atoms with E-state index in [-0.39, 0.29) is 11.7 Å². The van der Waals surface area contributed by atoms with E-state index in [1.54, 1.807) is 47.1 Å². The van der Waals surface area contributed by atoms with Crippen LogP contribution in [-0.2, 0) is 0 Å². The predicted molar refractivity (Wildman–Crippen MR) is 113 cm³/mol. The molecule has 0 unspecified atom stereocenters. The number of nitrogens with zero attached hydrogens (tertiary/aromatic N) is 3. The molecule has 0 fully saturated rings. The molecule has 7 heteroatoms. The van der Waals surface area contributed by atoms with Crippen molar-refractivity contribution in [3.63, 3.8) is 0 Å². The van der Waals surface area contributed by atoms with Crippen molar-refractivity contribution in [2.45, 2.75) is 20.8 Å². The third-order valence-corrected chi connectivity index (χ3v) is 4.86. The highest BCUT2D eigenvalue weighted by Crippen LogP contribution is 2.28. The van der Waals surface area contributed by atoms with Gasteiger partial charge in [-0.05, 0) is 62.7 Å². The number of rotatable bonds is 5. The summed E-state index contributed by atoms with van der Waals surface area (Å²) in [6.07, 6.45) is 1.54. The Kier molecular flexibility index (Phi) is 5.18. The molecule has 1 N–H and O–H groups in total. The largest absolute Gasteiger partial charge is 0.494 e. The van der Waals surface area contributed by atoms with Gasteiger partial charge in [-0.25, -0.2) is 13.9 Å². The number of benzene rings is 2. The van der Waals surface area contributed by atoms with Gasteiger partial charge in [-0.2, -0.15) is 5.10 Å². The number of fused-ring (bicyclic) bond motifs is 1. The molecule has 4 rings (SSSR count). The molecule has 0 radical (unpaired) electrons. The second-order valence-electron chi connectivity index (χ2n) is 6.87. The number of amides is 1. The molecule has 152 valence electrons. The molecule has 0 aliphatic carbocycles. The first-order valence-corrected chi connectivity index (χ1v) is 9.63. The number of aryl methyl sites for hydroxylation is 2.